The van der Waals surface area contributed by atoms with Crippen LogP contribution in [0.3, 0.4) is 0 Å². The third kappa shape index (κ3) is 5.30. The number of aliphatic hydroxyl groups is 1. The van der Waals surface area contributed by atoms with Crippen molar-refractivity contribution in [3.63, 3.8) is 0 Å². The van der Waals surface area contributed by atoms with Crippen molar-refractivity contribution in [3.05, 3.63) is 41.7 Å². The zero-order chi connectivity index (χ0) is 19.9. The molecule has 2 N–H and O–H groups in total. The topological polar surface area (TPSA) is 86.5 Å². The molecule has 1 fully saturated rings. The lowest BCUT2D eigenvalue weighted by Gasteiger charge is -2.32. The van der Waals surface area contributed by atoms with Crippen LogP contribution in [0.5, 0.6) is 0 Å². The first-order valence-corrected chi connectivity index (χ1v) is 9.86. The highest BCUT2D eigenvalue weighted by Gasteiger charge is 2.23. The second-order valence-corrected chi connectivity index (χ2v) is 7.51. The summed E-state index contributed by atoms with van der Waals surface area (Å²) in [7, 11) is 4.09. The van der Waals surface area contributed by atoms with Crippen molar-refractivity contribution in [1.29, 1.82) is 0 Å². The van der Waals surface area contributed by atoms with Crippen LogP contribution in [0.2, 0.25) is 0 Å². The Kier molecular flexibility index (Phi) is 7.00. The van der Waals surface area contributed by atoms with Crippen molar-refractivity contribution in [2.45, 2.75) is 31.8 Å². The van der Waals surface area contributed by atoms with Crippen molar-refractivity contribution >= 4 is 11.6 Å². The number of carbonyl (C=O) groups excluding carboxylic acids is 1. The predicted octanol–water partition coefficient (Wildman–Crippen LogP) is 1.29. The van der Waals surface area contributed by atoms with Gasteiger partial charge in [0.1, 0.15) is 0 Å². The van der Waals surface area contributed by atoms with E-state index in [2.05, 4.69) is 49.7 Å². The normalized spacial score (nSPS) is 17.5. The van der Waals surface area contributed by atoms with E-state index < -0.39 is 0 Å². The van der Waals surface area contributed by atoms with Crippen LogP contribution in [0.25, 0.3) is 0 Å². The molecule has 1 atom stereocenters. The Balaban J connectivity index is 1.56. The van der Waals surface area contributed by atoms with Crippen LogP contribution < -0.4 is 10.2 Å². The van der Waals surface area contributed by atoms with E-state index in [1.165, 1.54) is 11.3 Å². The number of hydrogen-bond donors (Lipinski definition) is 2. The molecule has 1 aromatic heterocycles. The second kappa shape index (κ2) is 9.66. The summed E-state index contributed by atoms with van der Waals surface area (Å²) in [4.78, 5) is 16.6. The van der Waals surface area contributed by atoms with E-state index in [1.54, 1.807) is 6.20 Å². The molecule has 0 bridgehead atoms. The Labute approximate surface area is 166 Å². The summed E-state index contributed by atoms with van der Waals surface area (Å²) in [6, 6.07) is 8.89. The highest BCUT2D eigenvalue weighted by atomic mass is 16.3. The van der Waals surface area contributed by atoms with Crippen molar-refractivity contribution < 1.29 is 9.90 Å². The number of piperidine rings is 1. The molecule has 2 aromatic rings. The van der Waals surface area contributed by atoms with E-state index in [1.807, 2.05) is 18.8 Å². The third-order valence-corrected chi connectivity index (χ3v) is 5.08. The number of nitrogens with one attached hydrogen (secondary N) is 1. The maximum absolute atomic E-state index is 12.1. The van der Waals surface area contributed by atoms with Gasteiger partial charge in [0, 0.05) is 46.0 Å². The van der Waals surface area contributed by atoms with Gasteiger partial charge in [-0.15, -0.1) is 5.10 Å². The Morgan fingerprint density at radius 3 is 2.82 bits per heavy atom. The van der Waals surface area contributed by atoms with E-state index in [9.17, 15) is 4.79 Å². The van der Waals surface area contributed by atoms with Gasteiger partial charge >= 0.3 is 0 Å². The second-order valence-electron chi connectivity index (χ2n) is 7.51. The molecule has 1 aliphatic heterocycles. The average Bonchev–Trinajstić information content (AvgIpc) is 3.19. The molecule has 1 amide bonds. The number of hydrogen-bond acceptors (Lipinski definition) is 6. The number of carbonyl (C=O) groups is 1. The number of benzene rings is 1. The van der Waals surface area contributed by atoms with Gasteiger partial charge in [-0.1, -0.05) is 17.3 Å². The molecule has 1 aromatic carbocycles. The molecule has 0 radical (unpaired) electrons. The van der Waals surface area contributed by atoms with E-state index in [-0.39, 0.29) is 18.6 Å². The summed E-state index contributed by atoms with van der Waals surface area (Å²) in [6.45, 7) is 3.36. The van der Waals surface area contributed by atoms with Crippen molar-refractivity contribution in [1.82, 2.24) is 25.2 Å². The predicted molar refractivity (Wildman–Crippen MR) is 108 cm³/mol. The third-order valence-electron chi connectivity index (χ3n) is 5.08. The highest BCUT2D eigenvalue weighted by Crippen LogP contribution is 2.23. The van der Waals surface area contributed by atoms with Crippen molar-refractivity contribution in [2.75, 3.05) is 45.2 Å². The summed E-state index contributed by atoms with van der Waals surface area (Å²) < 4.78 is 1.82. The highest BCUT2D eigenvalue weighted by molar-refractivity contribution is 5.91. The number of anilines is 1. The molecule has 0 unspecified atom stereocenters. The van der Waals surface area contributed by atoms with Gasteiger partial charge in [0.2, 0.25) is 0 Å². The van der Waals surface area contributed by atoms with E-state index in [0.717, 1.165) is 32.5 Å². The number of rotatable bonds is 8. The number of likely N-dealkylation sites (tertiary alicyclic amines) is 1. The lowest BCUT2D eigenvalue weighted by atomic mass is 10.0. The smallest absolute Gasteiger partial charge is 0.273 e. The molecule has 1 aliphatic rings. The number of aromatic nitrogens is 3. The lowest BCUT2D eigenvalue weighted by Crippen LogP contribution is -2.36. The molecule has 8 nitrogen and oxygen atoms in total. The van der Waals surface area contributed by atoms with Crippen LogP contribution in [0.1, 0.15) is 41.4 Å². The summed E-state index contributed by atoms with van der Waals surface area (Å²) in [5, 5.41) is 19.7. The van der Waals surface area contributed by atoms with Gasteiger partial charge in [-0.2, -0.15) is 0 Å². The number of nitrogens with zero attached hydrogens (tertiary/aromatic N) is 5. The first-order valence-electron chi connectivity index (χ1n) is 9.86. The lowest BCUT2D eigenvalue weighted by molar-refractivity contribution is 0.0946. The largest absolute Gasteiger partial charge is 0.396 e. The van der Waals surface area contributed by atoms with Crippen molar-refractivity contribution in [3.8, 4) is 0 Å². The van der Waals surface area contributed by atoms with Gasteiger partial charge < -0.3 is 15.3 Å². The minimum absolute atomic E-state index is 0.0583. The molecular weight excluding hydrogens is 356 g/mol. The Morgan fingerprint density at radius 2 is 2.11 bits per heavy atom. The zero-order valence-corrected chi connectivity index (χ0v) is 16.7. The van der Waals surface area contributed by atoms with Crippen LogP contribution in [-0.4, -0.2) is 71.2 Å². The van der Waals surface area contributed by atoms with Gasteiger partial charge in [0.25, 0.3) is 5.91 Å². The van der Waals surface area contributed by atoms with Crippen LogP contribution in [0.15, 0.2) is 30.5 Å². The van der Waals surface area contributed by atoms with Gasteiger partial charge in [-0.25, -0.2) is 4.68 Å². The summed E-state index contributed by atoms with van der Waals surface area (Å²) >= 11 is 0. The van der Waals surface area contributed by atoms with Crippen LogP contribution >= 0.6 is 0 Å². The van der Waals surface area contributed by atoms with Crippen molar-refractivity contribution in [2.24, 2.45) is 0 Å². The SMILES string of the molecule is CN(C)c1ccc(CN2CCC[C@@H](n3cc(C(=O)NCCCO)nn3)C2)cc1. The number of aliphatic hydroxyl groups excluding tert-OH is 1. The molecular formula is C20H30N6O2. The fourth-order valence-electron chi connectivity index (χ4n) is 3.48. The monoisotopic (exact) mass is 386 g/mol. The maximum atomic E-state index is 12.1. The molecule has 152 valence electrons. The molecule has 1 saturated heterocycles. The van der Waals surface area contributed by atoms with E-state index in [4.69, 9.17) is 5.11 Å². The van der Waals surface area contributed by atoms with E-state index >= 15 is 0 Å². The quantitative estimate of drug-likeness (QED) is 0.665. The van der Waals surface area contributed by atoms with Crippen LogP contribution in [-0.2, 0) is 6.54 Å². The average molecular weight is 387 g/mol. The van der Waals surface area contributed by atoms with Gasteiger partial charge in [0.05, 0.1) is 12.2 Å². The summed E-state index contributed by atoms with van der Waals surface area (Å²) in [5.41, 5.74) is 2.83. The first-order chi connectivity index (χ1) is 13.6. The fraction of sp³-hybridized carbons (Fsp3) is 0.550. The minimum Gasteiger partial charge on any atom is -0.396 e. The van der Waals surface area contributed by atoms with Gasteiger partial charge in [-0.05, 0) is 43.5 Å². The molecule has 28 heavy (non-hydrogen) atoms. The summed E-state index contributed by atoms with van der Waals surface area (Å²) in [5.74, 6) is -0.242. The molecule has 0 aliphatic carbocycles. The summed E-state index contributed by atoms with van der Waals surface area (Å²) in [6.07, 6.45) is 4.39. The van der Waals surface area contributed by atoms with E-state index in [0.29, 0.717) is 18.7 Å². The maximum Gasteiger partial charge on any atom is 0.273 e. The minimum atomic E-state index is -0.242. The molecule has 8 heteroatoms. The standard InChI is InChI=1S/C20H30N6O2/c1-24(2)17-8-6-16(7-9-17)13-25-11-3-5-18(14-25)26-15-19(22-23-26)20(28)21-10-4-12-27/h6-9,15,18,27H,3-5,10-14H2,1-2H3,(H,21,28)/t18-/m1/s1. The first kappa shape index (κ1) is 20.3. The fourth-order valence-corrected chi connectivity index (χ4v) is 3.48. The van der Waals surface area contributed by atoms with Crippen LogP contribution in [0, 0.1) is 0 Å². The molecule has 3 rings (SSSR count). The Hall–Kier alpha value is -2.45. The van der Waals surface area contributed by atoms with Crippen LogP contribution in [0.4, 0.5) is 5.69 Å². The Morgan fingerprint density at radius 1 is 1.32 bits per heavy atom. The molecule has 0 saturated carbocycles. The van der Waals surface area contributed by atoms with Gasteiger partial charge in [0.15, 0.2) is 5.69 Å². The molecule has 0 spiro atoms. The zero-order valence-electron chi connectivity index (χ0n) is 16.7. The number of amides is 1. The molecule has 2 heterocycles. The van der Waals surface area contributed by atoms with Gasteiger partial charge in [-0.3, -0.25) is 9.69 Å². The Bertz CT molecular complexity index is 758.